The molecule has 4 atom stereocenters. The maximum atomic E-state index is 12.8. The van der Waals surface area contributed by atoms with Gasteiger partial charge in [0.2, 0.25) is 11.8 Å². The van der Waals surface area contributed by atoms with Gasteiger partial charge in [0.1, 0.15) is 0 Å². The number of carboxylic acids is 2. The van der Waals surface area contributed by atoms with Crippen molar-refractivity contribution in [3.8, 4) is 0 Å². The van der Waals surface area contributed by atoms with Crippen molar-refractivity contribution in [3.05, 3.63) is 0 Å². The molecule has 0 saturated carbocycles. The number of nitrogens with zero attached hydrogens (tertiary/aromatic N) is 2. The van der Waals surface area contributed by atoms with Crippen LogP contribution in [0, 0.1) is 0 Å². The third kappa shape index (κ3) is 7.63. The van der Waals surface area contributed by atoms with Gasteiger partial charge in [-0.15, -0.1) is 0 Å². The molecule has 170 valence electrons. The Morgan fingerprint density at radius 1 is 0.700 bits per heavy atom. The number of hydrogen-bond donors (Lipinski definition) is 6. The second kappa shape index (κ2) is 11.7. The summed E-state index contributed by atoms with van der Waals surface area (Å²) in [6.45, 7) is 2.38. The zero-order chi connectivity index (χ0) is 23.8. The molecule has 14 heteroatoms. The molecular weight excluding hydrogens is 404 g/mol. The minimum absolute atomic E-state index is 0.363. The van der Waals surface area contributed by atoms with Crippen LogP contribution >= 0.6 is 0 Å². The summed E-state index contributed by atoms with van der Waals surface area (Å²) in [5.41, 5.74) is 21.2. The molecule has 0 radical (unpaired) electrons. The van der Waals surface area contributed by atoms with E-state index in [1.54, 1.807) is 0 Å². The van der Waals surface area contributed by atoms with Crippen molar-refractivity contribution in [2.24, 2.45) is 22.9 Å². The fraction of sp³-hybridized carbons (Fsp3) is 0.625. The van der Waals surface area contributed by atoms with E-state index < -0.39 is 85.4 Å². The minimum Gasteiger partial charge on any atom is -0.480 e. The van der Waals surface area contributed by atoms with Crippen LogP contribution in [0.5, 0.6) is 0 Å². The molecule has 0 fully saturated rings. The van der Waals surface area contributed by atoms with Crippen LogP contribution in [0.3, 0.4) is 0 Å². The van der Waals surface area contributed by atoms with E-state index in [0.29, 0.717) is 10.0 Å². The molecule has 30 heavy (non-hydrogen) atoms. The maximum absolute atomic E-state index is 12.8. The number of primary amides is 2. The Bertz CT molecular complexity index is 637. The van der Waals surface area contributed by atoms with E-state index in [4.69, 9.17) is 22.9 Å². The van der Waals surface area contributed by atoms with Crippen molar-refractivity contribution in [2.75, 3.05) is 0 Å². The fourth-order valence-electron chi connectivity index (χ4n) is 2.50. The molecule has 0 unspecified atom stereocenters. The Labute approximate surface area is 172 Å². The number of carbonyl (C=O) groups excluding carboxylic acids is 4. The summed E-state index contributed by atoms with van der Waals surface area (Å²) in [7, 11) is 0. The van der Waals surface area contributed by atoms with E-state index in [1.807, 2.05) is 0 Å². The Hall–Kier alpha value is -3.26. The fourth-order valence-corrected chi connectivity index (χ4v) is 2.50. The number of carbonyl (C=O) groups is 6. The lowest BCUT2D eigenvalue weighted by molar-refractivity contribution is -0.189. The van der Waals surface area contributed by atoms with Crippen LogP contribution in [0.25, 0.3) is 0 Å². The Morgan fingerprint density at radius 3 is 1.13 bits per heavy atom. The average Bonchev–Trinajstić information content (AvgIpc) is 2.60. The molecule has 0 aromatic heterocycles. The zero-order valence-electron chi connectivity index (χ0n) is 16.7. The van der Waals surface area contributed by atoms with Gasteiger partial charge in [0.05, 0.1) is 12.1 Å². The highest BCUT2D eigenvalue weighted by Crippen LogP contribution is 2.20. The summed E-state index contributed by atoms with van der Waals surface area (Å²) in [6.07, 6.45) is -2.04. The summed E-state index contributed by atoms with van der Waals surface area (Å²) in [6, 6.07) is -6.44. The largest absolute Gasteiger partial charge is 0.480 e. The van der Waals surface area contributed by atoms with E-state index in [2.05, 4.69) is 0 Å². The average molecular weight is 432 g/mol. The molecule has 10 N–H and O–H groups in total. The monoisotopic (exact) mass is 432 g/mol. The third-order valence-electron chi connectivity index (χ3n) is 3.95. The Morgan fingerprint density at radius 2 is 0.967 bits per heavy atom. The molecule has 0 aromatic rings. The van der Waals surface area contributed by atoms with Crippen LogP contribution in [0.15, 0.2) is 0 Å². The summed E-state index contributed by atoms with van der Waals surface area (Å²) < 4.78 is 0. The molecular formula is C16H28N6O8. The maximum Gasteiger partial charge on any atom is 0.328 e. The highest BCUT2D eigenvalue weighted by atomic mass is 16.4. The normalized spacial score (nSPS) is 14.7. The molecule has 0 bridgehead atoms. The lowest BCUT2D eigenvalue weighted by Crippen LogP contribution is -2.66. The van der Waals surface area contributed by atoms with Crippen molar-refractivity contribution in [1.82, 2.24) is 10.0 Å². The minimum atomic E-state index is -1.87. The van der Waals surface area contributed by atoms with Gasteiger partial charge >= 0.3 is 11.9 Å². The first-order valence-corrected chi connectivity index (χ1v) is 8.91. The van der Waals surface area contributed by atoms with Gasteiger partial charge in [-0.2, -0.15) is 0 Å². The predicted octanol–water partition coefficient (Wildman–Crippen LogP) is -3.31. The molecule has 0 saturated heterocycles. The van der Waals surface area contributed by atoms with Crippen molar-refractivity contribution in [1.29, 1.82) is 0 Å². The molecule has 0 spiro atoms. The van der Waals surface area contributed by atoms with E-state index in [1.165, 1.54) is 13.8 Å². The van der Waals surface area contributed by atoms with Crippen LogP contribution < -0.4 is 22.9 Å². The van der Waals surface area contributed by atoms with Crippen molar-refractivity contribution < 1.29 is 39.0 Å². The smallest absolute Gasteiger partial charge is 0.328 e. The van der Waals surface area contributed by atoms with Gasteiger partial charge in [-0.25, -0.2) is 19.6 Å². The van der Waals surface area contributed by atoms with Gasteiger partial charge in [0, 0.05) is 12.8 Å². The molecule has 0 aromatic carbocycles. The molecule has 0 aliphatic carbocycles. The molecule has 0 aliphatic rings. The summed E-state index contributed by atoms with van der Waals surface area (Å²) in [4.78, 5) is 71.5. The second-order valence-electron chi connectivity index (χ2n) is 6.66. The second-order valence-corrected chi connectivity index (χ2v) is 6.66. The van der Waals surface area contributed by atoms with E-state index >= 15 is 0 Å². The van der Waals surface area contributed by atoms with Gasteiger partial charge in [-0.05, 0) is 26.7 Å². The molecule has 0 rings (SSSR count). The number of rotatable bonds is 12. The van der Waals surface area contributed by atoms with Crippen LogP contribution in [-0.4, -0.2) is 80.0 Å². The molecule has 4 amide bonds. The number of carboxylic acid groups (broad SMARTS) is 2. The van der Waals surface area contributed by atoms with Gasteiger partial charge < -0.3 is 33.1 Å². The SMILES string of the molecule is C[C@H](N)C(=O)N([C@@H](CCC(N)=O)C(=O)O)N(C(=O)[C@H](C)N)[C@@H](CCC(N)=O)C(=O)O. The van der Waals surface area contributed by atoms with Crippen molar-refractivity contribution in [2.45, 2.75) is 63.7 Å². The number of nitrogens with two attached hydrogens (primary N) is 4. The van der Waals surface area contributed by atoms with Crippen LogP contribution in [0.4, 0.5) is 0 Å². The summed E-state index contributed by atoms with van der Waals surface area (Å²) in [5, 5.41) is 20.0. The first kappa shape index (κ1) is 26.7. The van der Waals surface area contributed by atoms with Gasteiger partial charge in [-0.1, -0.05) is 0 Å². The number of amides is 4. The molecule has 0 heterocycles. The van der Waals surface area contributed by atoms with Gasteiger partial charge in [-0.3, -0.25) is 19.2 Å². The van der Waals surface area contributed by atoms with Gasteiger partial charge in [0.15, 0.2) is 12.1 Å². The third-order valence-corrected chi connectivity index (χ3v) is 3.95. The highest BCUT2D eigenvalue weighted by Gasteiger charge is 2.44. The van der Waals surface area contributed by atoms with Crippen LogP contribution in [0.2, 0.25) is 0 Å². The van der Waals surface area contributed by atoms with E-state index in [9.17, 15) is 39.0 Å². The number of hydrazine groups is 1. The zero-order valence-corrected chi connectivity index (χ0v) is 16.7. The topological polar surface area (TPSA) is 253 Å². The van der Waals surface area contributed by atoms with Crippen LogP contribution in [0.1, 0.15) is 39.5 Å². The van der Waals surface area contributed by atoms with Crippen molar-refractivity contribution >= 4 is 35.6 Å². The van der Waals surface area contributed by atoms with Gasteiger partial charge in [0.25, 0.3) is 11.8 Å². The highest BCUT2D eigenvalue weighted by molar-refractivity contribution is 5.93. The molecule has 14 nitrogen and oxygen atoms in total. The lowest BCUT2D eigenvalue weighted by Gasteiger charge is -2.42. The summed E-state index contributed by atoms with van der Waals surface area (Å²) in [5.74, 6) is -7.30. The van der Waals surface area contributed by atoms with Crippen molar-refractivity contribution in [3.63, 3.8) is 0 Å². The number of aliphatic carboxylic acids is 2. The summed E-state index contributed by atoms with van der Waals surface area (Å²) >= 11 is 0. The molecule has 0 aliphatic heterocycles. The standard InChI is InChI=1S/C16H28N6O8/c1-7(17)13(25)21(9(15(27)28)3-5-11(19)23)22(14(26)8(2)18)10(16(29)30)4-6-12(20)24/h7-10H,3-6,17-18H2,1-2H3,(H2,19,23)(H2,20,24)(H,27,28)(H,29,30)/t7-,8-,9-,10-/m0/s1. The van der Waals surface area contributed by atoms with E-state index in [-0.39, 0.29) is 0 Å². The quantitative estimate of drug-likeness (QED) is 0.167. The Kier molecular flexibility index (Phi) is 10.4. The first-order valence-electron chi connectivity index (χ1n) is 8.91. The first-order chi connectivity index (χ1) is 13.7. The van der Waals surface area contributed by atoms with E-state index in [0.717, 1.165) is 0 Å². The Balaban J connectivity index is 6.62. The number of hydrogen-bond acceptors (Lipinski definition) is 8. The van der Waals surface area contributed by atoms with Crippen LogP contribution in [-0.2, 0) is 28.8 Å². The lowest BCUT2D eigenvalue weighted by atomic mass is 10.1. The predicted molar refractivity (Wildman–Crippen MR) is 101 cm³/mol.